The lowest BCUT2D eigenvalue weighted by Crippen LogP contribution is -2.41. The number of nitrogens with zero attached hydrogens (tertiary/aromatic N) is 2. The second-order valence-electron chi connectivity index (χ2n) is 7.66. The molecule has 0 aromatic heterocycles. The fourth-order valence-electron chi connectivity index (χ4n) is 3.86. The molecule has 144 valence electrons. The summed E-state index contributed by atoms with van der Waals surface area (Å²) in [7, 11) is 1.68. The number of hydrogen-bond acceptors (Lipinski definition) is 4. The van der Waals surface area contributed by atoms with E-state index in [9.17, 15) is 4.79 Å². The van der Waals surface area contributed by atoms with Crippen LogP contribution in [0, 0.1) is 5.92 Å². The van der Waals surface area contributed by atoms with Crippen LogP contribution in [0.2, 0.25) is 5.02 Å². The predicted molar refractivity (Wildman–Crippen MR) is 103 cm³/mol. The van der Waals surface area contributed by atoms with Gasteiger partial charge in [0.2, 0.25) is 0 Å². The minimum absolute atomic E-state index is 0.00530. The summed E-state index contributed by atoms with van der Waals surface area (Å²) in [5, 5.41) is 0.819. The van der Waals surface area contributed by atoms with E-state index in [2.05, 4.69) is 4.90 Å². The van der Waals surface area contributed by atoms with Gasteiger partial charge < -0.3 is 14.4 Å². The van der Waals surface area contributed by atoms with Gasteiger partial charge in [0.15, 0.2) is 0 Å². The second kappa shape index (κ2) is 8.49. The van der Waals surface area contributed by atoms with Crippen LogP contribution in [0.4, 0.5) is 4.79 Å². The number of methoxy groups -OCH3 is 1. The van der Waals surface area contributed by atoms with Gasteiger partial charge in [-0.25, -0.2) is 4.79 Å². The van der Waals surface area contributed by atoms with E-state index < -0.39 is 0 Å². The van der Waals surface area contributed by atoms with Gasteiger partial charge in [-0.05, 0) is 75.9 Å². The van der Waals surface area contributed by atoms with Gasteiger partial charge in [-0.15, -0.1) is 0 Å². The number of carbonyl (C=O) groups is 1. The van der Waals surface area contributed by atoms with Crippen LogP contribution in [0.3, 0.4) is 0 Å². The summed E-state index contributed by atoms with van der Waals surface area (Å²) in [5.41, 5.74) is 1.17. The maximum absolute atomic E-state index is 11.9. The Labute approximate surface area is 161 Å². The largest absolute Gasteiger partial charge is 0.497 e. The summed E-state index contributed by atoms with van der Waals surface area (Å²) >= 11 is 6.35. The van der Waals surface area contributed by atoms with Gasteiger partial charge in [-0.3, -0.25) is 4.90 Å². The number of halogens is 1. The molecule has 2 aliphatic rings. The average Bonchev–Trinajstić information content (AvgIpc) is 2.99. The molecule has 0 radical (unpaired) electrons. The van der Waals surface area contributed by atoms with Gasteiger partial charge in [0.05, 0.1) is 13.7 Å². The van der Waals surface area contributed by atoms with Gasteiger partial charge in [0.1, 0.15) is 11.9 Å². The Bertz CT molecular complexity index is 629. The van der Waals surface area contributed by atoms with E-state index in [1.165, 1.54) is 5.56 Å². The molecule has 1 aromatic carbocycles. The molecule has 2 aliphatic heterocycles. The molecular weight excluding hydrogens is 352 g/mol. The lowest BCUT2D eigenvalue weighted by molar-refractivity contribution is 0.0902. The first-order chi connectivity index (χ1) is 12.5. The fraction of sp³-hybridized carbons (Fsp3) is 0.650. The zero-order chi connectivity index (χ0) is 18.7. The molecule has 1 aromatic rings. The maximum Gasteiger partial charge on any atom is 0.410 e. The Balaban J connectivity index is 1.47. The molecule has 0 aliphatic carbocycles. The number of rotatable bonds is 6. The van der Waals surface area contributed by atoms with E-state index in [0.29, 0.717) is 12.5 Å². The van der Waals surface area contributed by atoms with Crippen molar-refractivity contribution in [2.24, 2.45) is 5.92 Å². The van der Waals surface area contributed by atoms with Crippen molar-refractivity contribution in [1.82, 2.24) is 9.80 Å². The minimum atomic E-state index is -0.174. The van der Waals surface area contributed by atoms with Crippen molar-refractivity contribution in [1.29, 1.82) is 0 Å². The third-order valence-corrected chi connectivity index (χ3v) is 5.82. The SMILES string of the molecule is COc1ccc(Cl)c(CC2CCN(CC3CN(C(C)C)C(=O)O3)CC2)c1. The lowest BCUT2D eigenvalue weighted by Gasteiger charge is -2.33. The van der Waals surface area contributed by atoms with Crippen LogP contribution in [0.15, 0.2) is 18.2 Å². The van der Waals surface area contributed by atoms with Gasteiger partial charge in [0, 0.05) is 17.6 Å². The molecule has 1 amide bonds. The van der Waals surface area contributed by atoms with Crippen molar-refractivity contribution in [2.75, 3.05) is 33.3 Å². The first kappa shape index (κ1) is 19.3. The number of likely N-dealkylation sites (tertiary alicyclic amines) is 1. The summed E-state index contributed by atoms with van der Waals surface area (Å²) in [6.45, 7) is 7.68. The Morgan fingerprint density at radius 2 is 2.04 bits per heavy atom. The summed E-state index contributed by atoms with van der Waals surface area (Å²) in [5.74, 6) is 1.49. The van der Waals surface area contributed by atoms with Crippen LogP contribution < -0.4 is 4.74 Å². The second-order valence-corrected chi connectivity index (χ2v) is 8.06. The van der Waals surface area contributed by atoms with Crippen LogP contribution in [-0.2, 0) is 11.2 Å². The molecule has 3 rings (SSSR count). The quantitative estimate of drug-likeness (QED) is 0.752. The molecule has 6 heteroatoms. The molecule has 2 fully saturated rings. The van der Waals surface area contributed by atoms with E-state index in [1.807, 2.05) is 36.9 Å². The summed E-state index contributed by atoms with van der Waals surface area (Å²) in [4.78, 5) is 16.1. The fourth-order valence-corrected chi connectivity index (χ4v) is 4.06. The van der Waals surface area contributed by atoms with Crippen molar-refractivity contribution < 1.29 is 14.3 Å². The van der Waals surface area contributed by atoms with Crippen LogP contribution in [0.5, 0.6) is 5.75 Å². The zero-order valence-electron chi connectivity index (χ0n) is 15.9. The normalized spacial score (nSPS) is 22.1. The highest BCUT2D eigenvalue weighted by Gasteiger charge is 2.34. The monoisotopic (exact) mass is 380 g/mol. The molecule has 26 heavy (non-hydrogen) atoms. The summed E-state index contributed by atoms with van der Waals surface area (Å²) < 4.78 is 10.8. The number of cyclic esters (lactones) is 1. The third-order valence-electron chi connectivity index (χ3n) is 5.46. The van der Waals surface area contributed by atoms with Crippen molar-refractivity contribution in [3.63, 3.8) is 0 Å². The van der Waals surface area contributed by atoms with Crippen LogP contribution in [0.1, 0.15) is 32.3 Å². The molecule has 1 atom stereocenters. The first-order valence-electron chi connectivity index (χ1n) is 9.48. The van der Waals surface area contributed by atoms with Crippen molar-refractivity contribution >= 4 is 17.7 Å². The number of piperidine rings is 1. The molecule has 2 saturated heterocycles. The Hall–Kier alpha value is -1.46. The third kappa shape index (κ3) is 4.63. The highest BCUT2D eigenvalue weighted by atomic mass is 35.5. The minimum Gasteiger partial charge on any atom is -0.497 e. The topological polar surface area (TPSA) is 42.0 Å². The predicted octanol–water partition coefficient (Wildman–Crippen LogP) is 3.83. The Morgan fingerprint density at radius 3 is 2.65 bits per heavy atom. The molecule has 0 spiro atoms. The molecule has 2 heterocycles. The highest BCUT2D eigenvalue weighted by molar-refractivity contribution is 6.31. The van der Waals surface area contributed by atoms with Crippen LogP contribution in [0.25, 0.3) is 0 Å². The number of carbonyl (C=O) groups excluding carboxylic acids is 1. The van der Waals surface area contributed by atoms with E-state index in [-0.39, 0.29) is 18.2 Å². The molecule has 0 saturated carbocycles. The van der Waals surface area contributed by atoms with E-state index in [4.69, 9.17) is 21.1 Å². The van der Waals surface area contributed by atoms with Gasteiger partial charge >= 0.3 is 6.09 Å². The molecule has 0 bridgehead atoms. The number of ether oxygens (including phenoxy) is 2. The number of amides is 1. The summed E-state index contributed by atoms with van der Waals surface area (Å²) in [6, 6.07) is 6.07. The average molecular weight is 381 g/mol. The van der Waals surface area contributed by atoms with Crippen LogP contribution in [-0.4, -0.2) is 61.3 Å². The molecule has 5 nitrogen and oxygen atoms in total. The van der Waals surface area contributed by atoms with Crippen molar-refractivity contribution in [3.05, 3.63) is 28.8 Å². The van der Waals surface area contributed by atoms with E-state index >= 15 is 0 Å². The smallest absolute Gasteiger partial charge is 0.410 e. The molecular formula is C20H29ClN2O3. The standard InChI is InChI=1S/C20H29ClN2O3/c1-14(2)23-13-18(26-20(23)24)12-22-8-6-15(7-9-22)10-16-11-17(25-3)4-5-19(16)21/h4-5,11,14-15,18H,6-10,12-13H2,1-3H3. The highest BCUT2D eigenvalue weighted by Crippen LogP contribution is 2.28. The van der Waals surface area contributed by atoms with Gasteiger partial charge in [0.25, 0.3) is 0 Å². The number of benzene rings is 1. The molecule has 0 N–H and O–H groups in total. The zero-order valence-corrected chi connectivity index (χ0v) is 16.7. The van der Waals surface area contributed by atoms with Crippen molar-refractivity contribution in [3.8, 4) is 5.75 Å². The first-order valence-corrected chi connectivity index (χ1v) is 9.86. The van der Waals surface area contributed by atoms with Crippen molar-refractivity contribution in [2.45, 2.75) is 45.3 Å². The van der Waals surface area contributed by atoms with Crippen LogP contribution >= 0.6 is 11.6 Å². The van der Waals surface area contributed by atoms with E-state index in [1.54, 1.807) is 7.11 Å². The van der Waals surface area contributed by atoms with Gasteiger partial charge in [-0.2, -0.15) is 0 Å². The Kier molecular flexibility index (Phi) is 6.30. The number of hydrogen-bond donors (Lipinski definition) is 0. The summed E-state index contributed by atoms with van der Waals surface area (Å²) in [6.07, 6.45) is 3.09. The lowest BCUT2D eigenvalue weighted by atomic mass is 9.90. The maximum atomic E-state index is 11.9. The molecule has 1 unspecified atom stereocenters. The van der Waals surface area contributed by atoms with Gasteiger partial charge in [-0.1, -0.05) is 11.6 Å². The Morgan fingerprint density at radius 1 is 1.31 bits per heavy atom. The van der Waals surface area contributed by atoms with E-state index in [0.717, 1.165) is 49.7 Å².